The van der Waals surface area contributed by atoms with E-state index in [4.69, 9.17) is 15.7 Å². The van der Waals surface area contributed by atoms with Crippen LogP contribution in [-0.2, 0) is 9.63 Å². The van der Waals surface area contributed by atoms with Crippen molar-refractivity contribution in [1.82, 2.24) is 4.98 Å². The third-order valence-corrected chi connectivity index (χ3v) is 3.90. The average Bonchev–Trinajstić information content (AvgIpc) is 2.78. The van der Waals surface area contributed by atoms with Crippen molar-refractivity contribution in [2.75, 3.05) is 5.73 Å². The van der Waals surface area contributed by atoms with E-state index >= 15 is 0 Å². The zero-order chi connectivity index (χ0) is 13.8. The summed E-state index contributed by atoms with van der Waals surface area (Å²) in [6, 6.07) is 0. The number of nitrogens with two attached hydrogens (primary N) is 1. The second-order valence-electron chi connectivity index (χ2n) is 4.80. The quantitative estimate of drug-likeness (QED) is 0.651. The molecule has 7 heteroatoms. The number of nitrogen functional groups attached to an aromatic ring is 1. The van der Waals surface area contributed by atoms with E-state index in [1.54, 1.807) is 5.38 Å². The highest BCUT2D eigenvalue weighted by Crippen LogP contribution is 2.25. The van der Waals surface area contributed by atoms with Crippen molar-refractivity contribution in [3.05, 3.63) is 11.1 Å². The van der Waals surface area contributed by atoms with Crippen LogP contribution in [0.15, 0.2) is 10.5 Å². The lowest BCUT2D eigenvalue weighted by molar-refractivity contribution is -0.129. The molecule has 1 aliphatic carbocycles. The van der Waals surface area contributed by atoms with Crippen molar-refractivity contribution in [3.8, 4) is 0 Å². The molecule has 1 aromatic heterocycles. The number of oxime groups is 1. The molecule has 0 atom stereocenters. The minimum atomic E-state index is -1.16. The highest BCUT2D eigenvalue weighted by molar-refractivity contribution is 7.13. The van der Waals surface area contributed by atoms with Crippen LogP contribution in [-0.4, -0.2) is 27.9 Å². The van der Waals surface area contributed by atoms with Gasteiger partial charge in [-0.05, 0) is 31.6 Å². The van der Waals surface area contributed by atoms with Crippen LogP contribution >= 0.6 is 11.3 Å². The zero-order valence-corrected chi connectivity index (χ0v) is 11.5. The molecule has 0 spiro atoms. The SMILES string of the molecule is C[C@H]1CC[C@H](O/N=C(\C(=O)O)c2csc(N)n2)CC1. The molecule has 1 fully saturated rings. The molecule has 3 N–H and O–H groups in total. The van der Waals surface area contributed by atoms with E-state index < -0.39 is 5.97 Å². The van der Waals surface area contributed by atoms with Crippen LogP contribution in [0.25, 0.3) is 0 Å². The Bertz CT molecular complexity index is 478. The van der Waals surface area contributed by atoms with Gasteiger partial charge in [0.1, 0.15) is 11.8 Å². The normalized spacial score (nSPS) is 24.2. The molecule has 104 valence electrons. The number of carboxylic acid groups (broad SMARTS) is 1. The predicted molar refractivity (Wildman–Crippen MR) is 73.2 cm³/mol. The van der Waals surface area contributed by atoms with Crippen molar-refractivity contribution in [2.45, 2.75) is 38.7 Å². The average molecular weight is 283 g/mol. The van der Waals surface area contributed by atoms with Gasteiger partial charge in [-0.3, -0.25) is 0 Å². The Morgan fingerprint density at radius 2 is 2.21 bits per heavy atom. The molecule has 0 aromatic carbocycles. The van der Waals surface area contributed by atoms with Crippen LogP contribution in [0.5, 0.6) is 0 Å². The van der Waals surface area contributed by atoms with Crippen LogP contribution < -0.4 is 5.73 Å². The Morgan fingerprint density at radius 1 is 1.53 bits per heavy atom. The topological polar surface area (TPSA) is 97.8 Å². The van der Waals surface area contributed by atoms with Gasteiger partial charge in [-0.1, -0.05) is 12.1 Å². The smallest absolute Gasteiger partial charge is 0.360 e. The number of carbonyl (C=O) groups is 1. The van der Waals surface area contributed by atoms with Gasteiger partial charge in [-0.15, -0.1) is 11.3 Å². The number of nitrogens with zero attached hydrogens (tertiary/aromatic N) is 2. The van der Waals surface area contributed by atoms with E-state index in [0.29, 0.717) is 11.0 Å². The molecule has 6 nitrogen and oxygen atoms in total. The van der Waals surface area contributed by atoms with Crippen LogP contribution in [0.4, 0.5) is 5.13 Å². The Morgan fingerprint density at radius 3 is 2.74 bits per heavy atom. The van der Waals surface area contributed by atoms with E-state index in [1.165, 1.54) is 11.3 Å². The lowest BCUT2D eigenvalue weighted by Crippen LogP contribution is -2.21. The summed E-state index contributed by atoms with van der Waals surface area (Å²) in [4.78, 5) is 20.4. The van der Waals surface area contributed by atoms with Crippen LogP contribution in [0.2, 0.25) is 0 Å². The zero-order valence-electron chi connectivity index (χ0n) is 10.7. The van der Waals surface area contributed by atoms with Crippen molar-refractivity contribution in [3.63, 3.8) is 0 Å². The van der Waals surface area contributed by atoms with Gasteiger partial charge >= 0.3 is 5.97 Å². The summed E-state index contributed by atoms with van der Waals surface area (Å²) in [5.74, 6) is -0.449. The maximum absolute atomic E-state index is 11.1. The maximum atomic E-state index is 11.1. The molecule has 0 saturated heterocycles. The molecule has 1 saturated carbocycles. The van der Waals surface area contributed by atoms with Gasteiger partial charge < -0.3 is 15.7 Å². The first-order chi connectivity index (χ1) is 9.06. The second kappa shape index (κ2) is 6.01. The molecule has 19 heavy (non-hydrogen) atoms. The molecule has 1 heterocycles. The van der Waals surface area contributed by atoms with Crippen LogP contribution in [0, 0.1) is 5.92 Å². The summed E-state index contributed by atoms with van der Waals surface area (Å²) in [5.41, 5.74) is 5.55. The number of anilines is 1. The number of carboxylic acids is 1. The van der Waals surface area contributed by atoms with E-state index in [1.807, 2.05) is 0 Å². The lowest BCUT2D eigenvalue weighted by atomic mass is 9.89. The Labute approximate surface area is 115 Å². The van der Waals surface area contributed by atoms with E-state index in [0.717, 1.165) is 25.7 Å². The van der Waals surface area contributed by atoms with Crippen molar-refractivity contribution >= 4 is 28.1 Å². The number of aliphatic carboxylic acids is 1. The highest BCUT2D eigenvalue weighted by atomic mass is 32.1. The molecule has 0 unspecified atom stereocenters. The first-order valence-corrected chi connectivity index (χ1v) is 7.12. The van der Waals surface area contributed by atoms with Gasteiger partial charge in [-0.25, -0.2) is 9.78 Å². The minimum Gasteiger partial charge on any atom is -0.476 e. The molecule has 1 aromatic rings. The minimum absolute atomic E-state index is 0.00142. The molecule has 0 aliphatic heterocycles. The summed E-state index contributed by atoms with van der Waals surface area (Å²) in [5, 5.41) is 14.8. The molecule has 0 amide bonds. The molecule has 2 rings (SSSR count). The standard InChI is InChI=1S/C12H17N3O3S/c1-7-2-4-8(5-3-7)18-15-10(11(16)17)9-6-19-12(13)14-9/h6-8H,2-5H2,1H3,(H2,13,14)(H,16,17)/b15-10-/t7-,8-. The molecular weight excluding hydrogens is 266 g/mol. The first kappa shape index (κ1) is 13.8. The van der Waals surface area contributed by atoms with Crippen LogP contribution in [0.1, 0.15) is 38.3 Å². The van der Waals surface area contributed by atoms with Gasteiger partial charge in [0.05, 0.1) is 0 Å². The Hall–Kier alpha value is -1.63. The Kier molecular flexibility index (Phi) is 4.36. The number of rotatable bonds is 4. The van der Waals surface area contributed by atoms with Gasteiger partial charge in [-0.2, -0.15) is 0 Å². The van der Waals surface area contributed by atoms with Gasteiger partial charge in [0, 0.05) is 5.38 Å². The van der Waals surface area contributed by atoms with Crippen molar-refractivity contribution < 1.29 is 14.7 Å². The fourth-order valence-electron chi connectivity index (χ4n) is 2.05. The molecule has 1 aliphatic rings. The second-order valence-corrected chi connectivity index (χ2v) is 5.69. The van der Waals surface area contributed by atoms with E-state index in [2.05, 4.69) is 17.1 Å². The van der Waals surface area contributed by atoms with E-state index in [-0.39, 0.29) is 17.5 Å². The Balaban J connectivity index is 2.03. The fourth-order valence-corrected chi connectivity index (χ4v) is 2.60. The molecular formula is C12H17N3O3S. The molecule has 0 radical (unpaired) electrons. The summed E-state index contributed by atoms with van der Waals surface area (Å²) >= 11 is 1.18. The number of hydrogen-bond donors (Lipinski definition) is 2. The maximum Gasteiger partial charge on any atom is 0.360 e. The van der Waals surface area contributed by atoms with Crippen LogP contribution in [0.3, 0.4) is 0 Å². The molecule has 0 bridgehead atoms. The van der Waals surface area contributed by atoms with Crippen molar-refractivity contribution in [1.29, 1.82) is 0 Å². The summed E-state index contributed by atoms with van der Waals surface area (Å²) in [7, 11) is 0. The van der Waals surface area contributed by atoms with Crippen molar-refractivity contribution in [2.24, 2.45) is 11.1 Å². The van der Waals surface area contributed by atoms with Gasteiger partial charge in [0.15, 0.2) is 5.13 Å². The highest BCUT2D eigenvalue weighted by Gasteiger charge is 2.22. The first-order valence-electron chi connectivity index (χ1n) is 6.24. The summed E-state index contributed by atoms with van der Waals surface area (Å²) in [6.45, 7) is 2.21. The van der Waals surface area contributed by atoms with Gasteiger partial charge in [0.25, 0.3) is 0 Å². The third-order valence-electron chi connectivity index (χ3n) is 3.22. The number of hydrogen-bond acceptors (Lipinski definition) is 6. The number of aromatic nitrogens is 1. The number of thiazole rings is 1. The summed E-state index contributed by atoms with van der Waals surface area (Å²) in [6.07, 6.45) is 4.01. The predicted octanol–water partition coefficient (Wildman–Crippen LogP) is 2.11. The monoisotopic (exact) mass is 283 g/mol. The largest absolute Gasteiger partial charge is 0.476 e. The fraction of sp³-hybridized carbons (Fsp3) is 0.583. The van der Waals surface area contributed by atoms with Gasteiger partial charge in [0.2, 0.25) is 5.71 Å². The summed E-state index contributed by atoms with van der Waals surface area (Å²) < 4.78 is 0. The third kappa shape index (κ3) is 3.66. The van der Waals surface area contributed by atoms with E-state index in [9.17, 15) is 4.79 Å². The lowest BCUT2D eigenvalue weighted by Gasteiger charge is -2.24.